The molecule has 0 bridgehead atoms. The minimum absolute atomic E-state index is 0.139. The molecule has 0 unspecified atom stereocenters. The molecule has 7 heteroatoms. The Balaban J connectivity index is 2.22. The summed E-state index contributed by atoms with van der Waals surface area (Å²) in [6, 6.07) is 7.53. The molecule has 0 aliphatic carbocycles. The largest absolute Gasteiger partial charge is 0.368 e. The molecule has 2 rings (SSSR count). The van der Waals surface area contributed by atoms with Crippen LogP contribution in [-0.2, 0) is 11.3 Å². The summed E-state index contributed by atoms with van der Waals surface area (Å²) in [5.74, 6) is -0.829. The van der Waals surface area contributed by atoms with E-state index in [0.717, 1.165) is 10.0 Å². The second-order valence-electron chi connectivity index (χ2n) is 4.66. The molecule has 0 aliphatic rings. The Morgan fingerprint density at radius 2 is 2.00 bits per heavy atom. The van der Waals surface area contributed by atoms with Gasteiger partial charge in [0.1, 0.15) is 0 Å². The second-order valence-corrected chi connectivity index (χ2v) is 5.58. The summed E-state index contributed by atoms with van der Waals surface area (Å²) >= 11 is 3.35. The van der Waals surface area contributed by atoms with Crippen LogP contribution in [0.15, 0.2) is 34.9 Å². The van der Waals surface area contributed by atoms with Gasteiger partial charge in [0.25, 0.3) is 5.91 Å². The number of aryl methyl sites for hydroxylation is 1. The van der Waals surface area contributed by atoms with E-state index in [1.165, 1.54) is 11.1 Å². The standard InChI is InChI=1S/C14H15BrN4O2/c1-9-12(6-17-18-9)14(21)19(8-13(16)20)7-10-2-4-11(15)5-3-10/h2-6H,7-8H2,1H3,(H2,16,20)(H,17,18). The molecule has 1 aromatic heterocycles. The number of aromatic nitrogens is 2. The first-order chi connectivity index (χ1) is 9.97. The van der Waals surface area contributed by atoms with Crippen LogP contribution in [0.5, 0.6) is 0 Å². The number of benzene rings is 1. The third kappa shape index (κ3) is 3.91. The van der Waals surface area contributed by atoms with Gasteiger partial charge >= 0.3 is 0 Å². The highest BCUT2D eigenvalue weighted by molar-refractivity contribution is 9.10. The number of rotatable bonds is 5. The summed E-state index contributed by atoms with van der Waals surface area (Å²) in [5.41, 5.74) is 7.24. The molecule has 1 aromatic carbocycles. The van der Waals surface area contributed by atoms with E-state index in [1.807, 2.05) is 24.3 Å². The fourth-order valence-electron chi connectivity index (χ4n) is 1.93. The van der Waals surface area contributed by atoms with E-state index < -0.39 is 5.91 Å². The fraction of sp³-hybridized carbons (Fsp3) is 0.214. The van der Waals surface area contributed by atoms with Gasteiger partial charge < -0.3 is 10.6 Å². The lowest BCUT2D eigenvalue weighted by molar-refractivity contribution is -0.118. The molecular formula is C14H15BrN4O2. The molecule has 0 radical (unpaired) electrons. The van der Waals surface area contributed by atoms with E-state index >= 15 is 0 Å². The summed E-state index contributed by atoms with van der Waals surface area (Å²) in [7, 11) is 0. The first-order valence-electron chi connectivity index (χ1n) is 6.29. The quantitative estimate of drug-likeness (QED) is 0.857. The minimum Gasteiger partial charge on any atom is -0.368 e. The molecule has 1 heterocycles. The third-order valence-electron chi connectivity index (χ3n) is 2.98. The van der Waals surface area contributed by atoms with E-state index in [-0.39, 0.29) is 12.5 Å². The van der Waals surface area contributed by atoms with Gasteiger partial charge in [0.15, 0.2) is 0 Å². The van der Waals surface area contributed by atoms with Crippen molar-refractivity contribution in [2.75, 3.05) is 6.54 Å². The number of H-pyrrole nitrogens is 1. The lowest BCUT2D eigenvalue weighted by atomic mass is 10.1. The zero-order valence-corrected chi connectivity index (χ0v) is 13.1. The van der Waals surface area contributed by atoms with Gasteiger partial charge in [0, 0.05) is 16.7 Å². The molecule has 6 nitrogen and oxygen atoms in total. The van der Waals surface area contributed by atoms with Gasteiger partial charge in [-0.1, -0.05) is 28.1 Å². The number of nitrogens with zero attached hydrogens (tertiary/aromatic N) is 2. The number of hydrogen-bond donors (Lipinski definition) is 2. The molecule has 2 aromatic rings. The lowest BCUT2D eigenvalue weighted by Gasteiger charge is -2.21. The number of amides is 2. The van der Waals surface area contributed by atoms with Crippen LogP contribution in [0.2, 0.25) is 0 Å². The highest BCUT2D eigenvalue weighted by atomic mass is 79.9. The number of aromatic amines is 1. The summed E-state index contributed by atoms with van der Waals surface area (Å²) in [6.45, 7) is 1.92. The SMILES string of the molecule is Cc1[nH]ncc1C(=O)N(CC(N)=O)Cc1ccc(Br)cc1. The molecule has 0 atom stereocenters. The number of primary amides is 1. The molecule has 3 N–H and O–H groups in total. The molecule has 0 aliphatic heterocycles. The zero-order valence-electron chi connectivity index (χ0n) is 11.5. The molecule has 2 amide bonds. The van der Waals surface area contributed by atoms with Crippen LogP contribution in [0.1, 0.15) is 21.6 Å². The molecule has 110 valence electrons. The van der Waals surface area contributed by atoms with Crippen molar-refractivity contribution in [1.29, 1.82) is 0 Å². The maximum Gasteiger partial charge on any atom is 0.258 e. The first-order valence-corrected chi connectivity index (χ1v) is 7.08. The van der Waals surface area contributed by atoms with Gasteiger partial charge in [-0.15, -0.1) is 0 Å². The highest BCUT2D eigenvalue weighted by Gasteiger charge is 2.20. The van der Waals surface area contributed by atoms with Gasteiger partial charge in [-0.2, -0.15) is 5.10 Å². The second kappa shape index (κ2) is 6.53. The Morgan fingerprint density at radius 3 is 2.52 bits per heavy atom. The highest BCUT2D eigenvalue weighted by Crippen LogP contribution is 2.14. The summed E-state index contributed by atoms with van der Waals surface area (Å²) < 4.78 is 0.949. The van der Waals surface area contributed by atoms with E-state index in [4.69, 9.17) is 5.73 Å². The van der Waals surface area contributed by atoms with Gasteiger partial charge in [-0.3, -0.25) is 14.7 Å². The Hall–Kier alpha value is -2.15. The van der Waals surface area contributed by atoms with Crippen LogP contribution in [0.25, 0.3) is 0 Å². The van der Waals surface area contributed by atoms with Crippen LogP contribution in [0, 0.1) is 6.92 Å². The topological polar surface area (TPSA) is 92.1 Å². The van der Waals surface area contributed by atoms with Gasteiger partial charge in [0.2, 0.25) is 5.91 Å². The fourth-order valence-corrected chi connectivity index (χ4v) is 2.20. The Morgan fingerprint density at radius 1 is 1.33 bits per heavy atom. The molecule has 0 saturated heterocycles. The van der Waals surface area contributed by atoms with Crippen LogP contribution >= 0.6 is 15.9 Å². The van der Waals surface area contributed by atoms with Gasteiger partial charge in [0.05, 0.1) is 18.3 Å². The van der Waals surface area contributed by atoms with Crippen molar-refractivity contribution in [2.45, 2.75) is 13.5 Å². The molecular weight excluding hydrogens is 336 g/mol. The van der Waals surface area contributed by atoms with E-state index in [0.29, 0.717) is 17.8 Å². The average Bonchev–Trinajstić information content (AvgIpc) is 2.85. The summed E-state index contributed by atoms with van der Waals surface area (Å²) in [4.78, 5) is 25.1. The number of nitrogens with one attached hydrogen (secondary N) is 1. The van der Waals surface area contributed by atoms with Crippen molar-refractivity contribution in [3.63, 3.8) is 0 Å². The zero-order chi connectivity index (χ0) is 15.4. The maximum atomic E-state index is 12.5. The molecule has 0 saturated carbocycles. The number of hydrogen-bond acceptors (Lipinski definition) is 3. The van der Waals surface area contributed by atoms with Crippen molar-refractivity contribution in [3.8, 4) is 0 Å². The Bertz CT molecular complexity index is 651. The number of carbonyl (C=O) groups excluding carboxylic acids is 2. The van der Waals surface area contributed by atoms with Crippen LogP contribution in [0.3, 0.4) is 0 Å². The minimum atomic E-state index is -0.554. The first kappa shape index (κ1) is 15.2. The van der Waals surface area contributed by atoms with E-state index in [1.54, 1.807) is 6.92 Å². The number of halogens is 1. The number of nitrogens with two attached hydrogens (primary N) is 1. The molecule has 0 fully saturated rings. The van der Waals surface area contributed by atoms with E-state index in [9.17, 15) is 9.59 Å². The normalized spacial score (nSPS) is 10.4. The smallest absolute Gasteiger partial charge is 0.258 e. The lowest BCUT2D eigenvalue weighted by Crippen LogP contribution is -2.38. The van der Waals surface area contributed by atoms with Crippen molar-refractivity contribution in [3.05, 3.63) is 51.8 Å². The van der Waals surface area contributed by atoms with Crippen molar-refractivity contribution in [1.82, 2.24) is 15.1 Å². The van der Waals surface area contributed by atoms with Gasteiger partial charge in [-0.05, 0) is 24.6 Å². The van der Waals surface area contributed by atoms with Crippen molar-refractivity contribution in [2.24, 2.45) is 5.73 Å². The van der Waals surface area contributed by atoms with E-state index in [2.05, 4.69) is 26.1 Å². The summed E-state index contributed by atoms with van der Waals surface area (Å²) in [5, 5.41) is 6.54. The average molecular weight is 351 g/mol. The van der Waals surface area contributed by atoms with Crippen LogP contribution in [-0.4, -0.2) is 33.5 Å². The van der Waals surface area contributed by atoms with Crippen molar-refractivity contribution >= 4 is 27.7 Å². The maximum absolute atomic E-state index is 12.5. The third-order valence-corrected chi connectivity index (χ3v) is 3.51. The predicted octanol–water partition coefficient (Wildman–Crippen LogP) is 1.61. The van der Waals surface area contributed by atoms with Crippen LogP contribution in [0.4, 0.5) is 0 Å². The monoisotopic (exact) mass is 350 g/mol. The Labute approximate surface area is 130 Å². The van der Waals surface area contributed by atoms with Crippen molar-refractivity contribution < 1.29 is 9.59 Å². The van der Waals surface area contributed by atoms with Crippen LogP contribution < -0.4 is 5.73 Å². The van der Waals surface area contributed by atoms with Gasteiger partial charge in [-0.25, -0.2) is 0 Å². The molecule has 21 heavy (non-hydrogen) atoms. The number of carbonyl (C=O) groups is 2. The Kier molecular flexibility index (Phi) is 4.74. The predicted molar refractivity (Wildman–Crippen MR) is 81.4 cm³/mol. The summed E-state index contributed by atoms with van der Waals surface area (Å²) in [6.07, 6.45) is 1.45. The molecule has 0 spiro atoms.